The van der Waals surface area contributed by atoms with Crippen LogP contribution in [-0.2, 0) is 11.3 Å². The highest BCUT2D eigenvalue weighted by Crippen LogP contribution is 2.13. The highest BCUT2D eigenvalue weighted by molar-refractivity contribution is 6.30. The maximum absolute atomic E-state index is 5.87. The molecule has 3 rings (SSSR count). The van der Waals surface area contributed by atoms with E-state index in [4.69, 9.17) is 16.3 Å². The number of hydrogen-bond donors (Lipinski definition) is 2. The average Bonchev–Trinajstić information content (AvgIpc) is 3.06. The molecule has 2 heterocycles. The van der Waals surface area contributed by atoms with Gasteiger partial charge >= 0.3 is 0 Å². The first-order chi connectivity index (χ1) is 10.8. The fourth-order valence-corrected chi connectivity index (χ4v) is 2.39. The van der Waals surface area contributed by atoms with Gasteiger partial charge in [0, 0.05) is 24.7 Å². The number of aromatic nitrogens is 3. The lowest BCUT2D eigenvalue weighted by atomic mass is 10.2. The SMILES string of the molecule is Clc1ccc(CNc2cnnc(NCC3CCCO3)n2)cc1. The van der Waals surface area contributed by atoms with E-state index in [1.54, 1.807) is 6.20 Å². The highest BCUT2D eigenvalue weighted by atomic mass is 35.5. The van der Waals surface area contributed by atoms with Gasteiger partial charge in [-0.1, -0.05) is 23.7 Å². The number of hydrogen-bond acceptors (Lipinski definition) is 6. The van der Waals surface area contributed by atoms with E-state index >= 15 is 0 Å². The number of anilines is 2. The lowest BCUT2D eigenvalue weighted by Gasteiger charge is -2.11. The number of nitrogens with one attached hydrogen (secondary N) is 2. The van der Waals surface area contributed by atoms with E-state index in [9.17, 15) is 0 Å². The van der Waals surface area contributed by atoms with Crippen LogP contribution < -0.4 is 10.6 Å². The molecule has 22 heavy (non-hydrogen) atoms. The molecule has 1 fully saturated rings. The van der Waals surface area contributed by atoms with Crippen molar-refractivity contribution in [3.8, 4) is 0 Å². The van der Waals surface area contributed by atoms with Crippen LogP contribution in [0.4, 0.5) is 11.8 Å². The Morgan fingerprint density at radius 2 is 2.09 bits per heavy atom. The largest absolute Gasteiger partial charge is 0.376 e. The van der Waals surface area contributed by atoms with E-state index in [-0.39, 0.29) is 6.10 Å². The van der Waals surface area contributed by atoms with Gasteiger partial charge in [-0.25, -0.2) is 0 Å². The van der Waals surface area contributed by atoms with Gasteiger partial charge in [-0.3, -0.25) is 0 Å². The molecule has 0 amide bonds. The second-order valence-corrected chi connectivity index (χ2v) is 5.60. The maximum Gasteiger partial charge on any atom is 0.244 e. The van der Waals surface area contributed by atoms with Crippen molar-refractivity contribution in [3.63, 3.8) is 0 Å². The van der Waals surface area contributed by atoms with Crippen LogP contribution in [0.1, 0.15) is 18.4 Å². The fraction of sp³-hybridized carbons (Fsp3) is 0.400. The molecule has 1 atom stereocenters. The zero-order valence-corrected chi connectivity index (χ0v) is 12.9. The third-order valence-corrected chi connectivity index (χ3v) is 3.71. The van der Waals surface area contributed by atoms with E-state index < -0.39 is 0 Å². The van der Waals surface area contributed by atoms with Gasteiger partial charge in [-0.15, -0.1) is 5.10 Å². The average molecular weight is 320 g/mol. The summed E-state index contributed by atoms with van der Waals surface area (Å²) in [5.41, 5.74) is 1.12. The number of halogens is 1. The third kappa shape index (κ3) is 4.29. The molecule has 1 aliphatic heterocycles. The molecular formula is C15H18ClN5O. The Balaban J connectivity index is 1.52. The summed E-state index contributed by atoms with van der Waals surface area (Å²) in [5, 5.41) is 15.1. The Morgan fingerprint density at radius 3 is 2.86 bits per heavy atom. The lowest BCUT2D eigenvalue weighted by Crippen LogP contribution is -2.20. The van der Waals surface area contributed by atoms with Crippen LogP contribution in [0.2, 0.25) is 5.02 Å². The van der Waals surface area contributed by atoms with Crippen molar-refractivity contribution in [3.05, 3.63) is 41.0 Å². The zero-order chi connectivity index (χ0) is 15.2. The van der Waals surface area contributed by atoms with Gasteiger partial charge in [0.25, 0.3) is 0 Å². The Kier molecular flexibility index (Phi) is 5.03. The van der Waals surface area contributed by atoms with E-state index in [1.165, 1.54) is 0 Å². The van der Waals surface area contributed by atoms with Crippen molar-refractivity contribution in [2.45, 2.75) is 25.5 Å². The summed E-state index contributed by atoms with van der Waals surface area (Å²) in [7, 11) is 0. The van der Waals surface area contributed by atoms with Crippen molar-refractivity contribution in [2.24, 2.45) is 0 Å². The monoisotopic (exact) mass is 319 g/mol. The van der Waals surface area contributed by atoms with Crippen LogP contribution in [0.5, 0.6) is 0 Å². The minimum atomic E-state index is 0.245. The van der Waals surface area contributed by atoms with Gasteiger partial charge in [0.1, 0.15) is 0 Å². The molecular weight excluding hydrogens is 302 g/mol. The molecule has 1 aliphatic rings. The van der Waals surface area contributed by atoms with Crippen LogP contribution in [-0.4, -0.2) is 34.4 Å². The van der Waals surface area contributed by atoms with Gasteiger partial charge in [0.05, 0.1) is 12.3 Å². The van der Waals surface area contributed by atoms with Crippen LogP contribution in [0, 0.1) is 0 Å². The van der Waals surface area contributed by atoms with Gasteiger partial charge in [-0.05, 0) is 30.5 Å². The molecule has 6 nitrogen and oxygen atoms in total. The summed E-state index contributed by atoms with van der Waals surface area (Å²) < 4.78 is 5.56. The Bertz CT molecular complexity index is 601. The van der Waals surface area contributed by atoms with Crippen LogP contribution >= 0.6 is 11.6 Å². The molecule has 1 unspecified atom stereocenters. The summed E-state index contributed by atoms with van der Waals surface area (Å²) in [6.07, 6.45) is 4.05. The predicted octanol–water partition coefficient (Wildman–Crippen LogP) is 2.73. The van der Waals surface area contributed by atoms with Gasteiger partial charge in [0.15, 0.2) is 5.82 Å². The highest BCUT2D eigenvalue weighted by Gasteiger charge is 2.15. The van der Waals surface area contributed by atoms with Crippen molar-refractivity contribution < 1.29 is 4.74 Å². The molecule has 1 saturated heterocycles. The molecule has 0 saturated carbocycles. The van der Waals surface area contributed by atoms with E-state index in [1.807, 2.05) is 24.3 Å². The summed E-state index contributed by atoms with van der Waals surface area (Å²) >= 11 is 5.87. The lowest BCUT2D eigenvalue weighted by molar-refractivity contribution is 0.120. The normalized spacial score (nSPS) is 17.4. The van der Waals surface area contributed by atoms with E-state index in [2.05, 4.69) is 25.8 Å². The number of benzene rings is 1. The molecule has 0 bridgehead atoms. The molecule has 0 radical (unpaired) electrons. The number of ether oxygens (including phenoxy) is 1. The van der Waals surface area contributed by atoms with Gasteiger partial charge in [0.2, 0.25) is 5.95 Å². The second-order valence-electron chi connectivity index (χ2n) is 5.16. The van der Waals surface area contributed by atoms with Gasteiger partial charge in [-0.2, -0.15) is 10.1 Å². The van der Waals surface area contributed by atoms with Crippen LogP contribution in [0.15, 0.2) is 30.5 Å². The van der Waals surface area contributed by atoms with Crippen molar-refractivity contribution in [2.75, 3.05) is 23.8 Å². The summed E-state index contributed by atoms with van der Waals surface area (Å²) in [6.45, 7) is 2.21. The standard InChI is InChI=1S/C15H18ClN5O/c16-12-5-3-11(4-6-12)8-17-14-10-19-21-15(20-14)18-9-13-2-1-7-22-13/h3-6,10,13H,1-2,7-9H2,(H2,17,18,20,21). The smallest absolute Gasteiger partial charge is 0.244 e. The Morgan fingerprint density at radius 1 is 1.23 bits per heavy atom. The molecule has 0 aliphatic carbocycles. The molecule has 1 aromatic carbocycles. The second kappa shape index (κ2) is 7.38. The molecule has 116 valence electrons. The van der Waals surface area contributed by atoms with Crippen LogP contribution in [0.3, 0.4) is 0 Å². The Hall–Kier alpha value is -1.92. The summed E-state index contributed by atoms with van der Waals surface area (Å²) in [5.74, 6) is 1.19. The first-order valence-electron chi connectivity index (χ1n) is 7.33. The number of rotatable bonds is 6. The number of nitrogens with zero attached hydrogens (tertiary/aromatic N) is 3. The first-order valence-corrected chi connectivity index (χ1v) is 7.71. The summed E-state index contributed by atoms with van der Waals surface area (Å²) in [4.78, 5) is 4.39. The molecule has 2 aromatic rings. The molecule has 0 spiro atoms. The van der Waals surface area contributed by atoms with Crippen molar-refractivity contribution >= 4 is 23.4 Å². The first kappa shape index (κ1) is 15.0. The molecule has 7 heteroatoms. The molecule has 2 N–H and O–H groups in total. The summed E-state index contributed by atoms with van der Waals surface area (Å²) in [6, 6.07) is 7.68. The van der Waals surface area contributed by atoms with E-state index in [0.29, 0.717) is 24.9 Å². The minimum absolute atomic E-state index is 0.245. The molecule has 1 aromatic heterocycles. The van der Waals surface area contributed by atoms with Crippen molar-refractivity contribution in [1.82, 2.24) is 15.2 Å². The minimum Gasteiger partial charge on any atom is -0.376 e. The third-order valence-electron chi connectivity index (χ3n) is 3.46. The Labute approximate surface area is 134 Å². The zero-order valence-electron chi connectivity index (χ0n) is 12.1. The predicted molar refractivity (Wildman–Crippen MR) is 86.1 cm³/mol. The maximum atomic E-state index is 5.87. The quantitative estimate of drug-likeness (QED) is 0.853. The topological polar surface area (TPSA) is 72.0 Å². The fourth-order valence-electron chi connectivity index (χ4n) is 2.27. The van der Waals surface area contributed by atoms with Crippen molar-refractivity contribution in [1.29, 1.82) is 0 Å². The van der Waals surface area contributed by atoms with E-state index in [0.717, 1.165) is 30.0 Å². The van der Waals surface area contributed by atoms with Gasteiger partial charge < -0.3 is 15.4 Å². The van der Waals surface area contributed by atoms with Crippen LogP contribution in [0.25, 0.3) is 0 Å².